The zero-order chi connectivity index (χ0) is 21.4. The van der Waals surface area contributed by atoms with Gasteiger partial charge < -0.3 is 10.2 Å². The first-order chi connectivity index (χ1) is 13.7. The van der Waals surface area contributed by atoms with Gasteiger partial charge in [0.05, 0.1) is 5.60 Å². The number of hydrogen-bond acceptors (Lipinski definition) is 6. The number of aromatic nitrogens is 1. The van der Waals surface area contributed by atoms with E-state index in [9.17, 15) is 14.7 Å². The molecule has 7 heteroatoms. The average molecular weight is 440 g/mol. The largest absolute Gasteiger partial charge is 0.476 e. The fourth-order valence-corrected chi connectivity index (χ4v) is 5.49. The predicted molar refractivity (Wildman–Crippen MR) is 119 cm³/mol. The van der Waals surface area contributed by atoms with Crippen molar-refractivity contribution >= 4 is 34.9 Å². The zero-order valence-electron chi connectivity index (χ0n) is 17.6. The summed E-state index contributed by atoms with van der Waals surface area (Å²) in [5.74, 6) is 0.935. The third-order valence-corrected chi connectivity index (χ3v) is 7.88. The molecule has 4 atom stereocenters. The number of nitrogens with zero attached hydrogens (tertiary/aromatic N) is 1. The Hall–Kier alpha value is -1.18. The number of aromatic carboxylic acids is 1. The van der Waals surface area contributed by atoms with Gasteiger partial charge in [0, 0.05) is 23.5 Å². The number of ketones is 1. The number of hydrogen-bond donors (Lipinski definition) is 2. The SMILES string of the molecule is CC[C@H](C)CC[C@](C)(O)C/C=C/[C@@H]1CCC(=O)[C@@H]1CCSc1nc(C(=O)O)cs1. The molecule has 0 saturated heterocycles. The highest BCUT2D eigenvalue weighted by molar-refractivity contribution is 8.01. The lowest BCUT2D eigenvalue weighted by molar-refractivity contribution is -0.121. The number of carbonyl (C=O) groups is 2. The van der Waals surface area contributed by atoms with Crippen molar-refractivity contribution in [2.75, 3.05) is 5.75 Å². The van der Waals surface area contributed by atoms with E-state index < -0.39 is 11.6 Å². The molecular weight excluding hydrogens is 406 g/mol. The van der Waals surface area contributed by atoms with Gasteiger partial charge in [0.2, 0.25) is 0 Å². The number of carboxylic acids is 1. The van der Waals surface area contributed by atoms with Crippen LogP contribution in [0.3, 0.4) is 0 Å². The van der Waals surface area contributed by atoms with Crippen molar-refractivity contribution in [3.63, 3.8) is 0 Å². The average Bonchev–Trinajstić information content (AvgIpc) is 3.28. The Kier molecular flexibility index (Phi) is 9.37. The zero-order valence-corrected chi connectivity index (χ0v) is 19.2. The van der Waals surface area contributed by atoms with Crippen LogP contribution in [0.25, 0.3) is 0 Å². The molecule has 0 spiro atoms. The first kappa shape index (κ1) is 24.1. The third kappa shape index (κ3) is 7.87. The second-order valence-corrected chi connectivity index (χ2v) is 10.6. The van der Waals surface area contributed by atoms with Crippen LogP contribution in [0, 0.1) is 17.8 Å². The molecule has 1 aromatic heterocycles. The van der Waals surface area contributed by atoms with Gasteiger partial charge in [-0.05, 0) is 50.9 Å². The molecule has 2 N–H and O–H groups in total. The summed E-state index contributed by atoms with van der Waals surface area (Å²) in [6, 6.07) is 0. The Morgan fingerprint density at radius 1 is 1.52 bits per heavy atom. The maximum Gasteiger partial charge on any atom is 0.355 e. The summed E-state index contributed by atoms with van der Waals surface area (Å²) in [5, 5.41) is 21.1. The lowest BCUT2D eigenvalue weighted by Gasteiger charge is -2.23. The number of allylic oxidation sites excluding steroid dienone is 1. The van der Waals surface area contributed by atoms with Crippen molar-refractivity contribution in [2.45, 2.75) is 75.7 Å². The van der Waals surface area contributed by atoms with Crippen LogP contribution in [0.2, 0.25) is 0 Å². The monoisotopic (exact) mass is 439 g/mol. The minimum absolute atomic E-state index is 0.0164. The van der Waals surface area contributed by atoms with E-state index in [4.69, 9.17) is 5.11 Å². The van der Waals surface area contributed by atoms with Gasteiger partial charge in [-0.15, -0.1) is 11.3 Å². The standard InChI is InChI=1S/C22H33NO4S2/c1-4-15(2)9-12-22(3,27)11-5-6-16-7-8-19(24)17(16)10-13-28-21-23-18(14-29-21)20(25)26/h5-6,14-17,27H,4,7-13H2,1-3H3,(H,25,26)/b6-5+/t15-,16+,17+,22+/m0/s1. The lowest BCUT2D eigenvalue weighted by atomic mass is 9.88. The van der Waals surface area contributed by atoms with E-state index in [1.165, 1.54) is 23.1 Å². The van der Waals surface area contributed by atoms with E-state index >= 15 is 0 Å². The quantitative estimate of drug-likeness (QED) is 0.333. The molecule has 2 rings (SSSR count). The highest BCUT2D eigenvalue weighted by Crippen LogP contribution is 2.35. The molecule has 1 heterocycles. The Labute approximate surface area is 182 Å². The topological polar surface area (TPSA) is 87.5 Å². The number of carbonyl (C=O) groups excluding carboxylic acids is 1. The minimum atomic E-state index is -1.01. The fraction of sp³-hybridized carbons (Fsp3) is 0.682. The molecule has 0 aliphatic heterocycles. The lowest BCUT2D eigenvalue weighted by Crippen LogP contribution is -2.24. The van der Waals surface area contributed by atoms with E-state index in [2.05, 4.69) is 31.0 Å². The number of rotatable bonds is 12. The first-order valence-electron chi connectivity index (χ1n) is 10.4. The second kappa shape index (κ2) is 11.3. The molecule has 1 saturated carbocycles. The van der Waals surface area contributed by atoms with Crippen LogP contribution in [-0.2, 0) is 4.79 Å². The van der Waals surface area contributed by atoms with Crippen LogP contribution in [-0.4, -0.2) is 38.3 Å². The van der Waals surface area contributed by atoms with Crippen LogP contribution in [0.4, 0.5) is 0 Å². The van der Waals surface area contributed by atoms with Gasteiger partial charge in [-0.3, -0.25) is 4.79 Å². The highest BCUT2D eigenvalue weighted by atomic mass is 32.2. The van der Waals surface area contributed by atoms with Crippen LogP contribution >= 0.6 is 23.1 Å². The molecule has 162 valence electrons. The van der Waals surface area contributed by atoms with Gasteiger partial charge in [0.15, 0.2) is 10.0 Å². The van der Waals surface area contributed by atoms with Gasteiger partial charge in [-0.2, -0.15) is 0 Å². The molecule has 1 aliphatic rings. The van der Waals surface area contributed by atoms with Gasteiger partial charge in [0.1, 0.15) is 5.78 Å². The normalized spacial score (nSPS) is 22.8. The Morgan fingerprint density at radius 3 is 2.93 bits per heavy atom. The first-order valence-corrected chi connectivity index (χ1v) is 12.3. The summed E-state index contributed by atoms with van der Waals surface area (Å²) in [6.45, 7) is 6.29. The van der Waals surface area contributed by atoms with Crippen LogP contribution in [0.15, 0.2) is 21.9 Å². The van der Waals surface area contributed by atoms with E-state index in [-0.39, 0.29) is 17.5 Å². The van der Waals surface area contributed by atoms with Crippen molar-refractivity contribution < 1.29 is 19.8 Å². The number of thioether (sulfide) groups is 1. The van der Waals surface area contributed by atoms with Gasteiger partial charge in [-0.25, -0.2) is 9.78 Å². The molecule has 0 bridgehead atoms. The smallest absolute Gasteiger partial charge is 0.355 e. The Morgan fingerprint density at radius 2 is 2.28 bits per heavy atom. The number of aliphatic hydroxyl groups is 1. The molecule has 1 aromatic rings. The molecule has 5 nitrogen and oxygen atoms in total. The van der Waals surface area contributed by atoms with Crippen molar-refractivity contribution in [1.82, 2.24) is 4.98 Å². The van der Waals surface area contributed by atoms with Crippen LogP contribution < -0.4 is 0 Å². The predicted octanol–water partition coefficient (Wildman–Crippen LogP) is 5.44. The molecule has 29 heavy (non-hydrogen) atoms. The summed E-state index contributed by atoms with van der Waals surface area (Å²) >= 11 is 2.85. The number of Topliss-reactive ketones (excluding diaryl/α,β-unsaturated/α-hetero) is 1. The van der Waals surface area contributed by atoms with Crippen molar-refractivity contribution in [3.05, 3.63) is 23.2 Å². The summed E-state index contributed by atoms with van der Waals surface area (Å²) in [7, 11) is 0. The summed E-state index contributed by atoms with van der Waals surface area (Å²) in [6.07, 6.45) is 10.0. The van der Waals surface area contributed by atoms with Gasteiger partial charge >= 0.3 is 5.97 Å². The maximum absolute atomic E-state index is 12.3. The van der Waals surface area contributed by atoms with Gasteiger partial charge in [0.25, 0.3) is 0 Å². The molecular formula is C22H33NO4S2. The molecule has 1 fully saturated rings. The summed E-state index contributed by atoms with van der Waals surface area (Å²) in [4.78, 5) is 27.3. The molecule has 0 radical (unpaired) electrons. The highest BCUT2D eigenvalue weighted by Gasteiger charge is 2.32. The molecule has 0 amide bonds. The van der Waals surface area contributed by atoms with E-state index in [1.54, 1.807) is 5.38 Å². The van der Waals surface area contributed by atoms with Gasteiger partial charge in [-0.1, -0.05) is 44.2 Å². The fourth-order valence-electron chi connectivity index (χ4n) is 3.59. The summed E-state index contributed by atoms with van der Waals surface area (Å²) < 4.78 is 0.734. The third-order valence-electron chi connectivity index (χ3n) is 5.82. The number of carboxylic acid groups (broad SMARTS) is 1. The Balaban J connectivity index is 1.81. The van der Waals surface area contributed by atoms with Crippen molar-refractivity contribution in [2.24, 2.45) is 17.8 Å². The van der Waals surface area contributed by atoms with E-state index in [1.807, 2.05) is 6.92 Å². The Bertz CT molecular complexity index is 713. The molecule has 0 unspecified atom stereocenters. The number of thiazole rings is 1. The van der Waals surface area contributed by atoms with E-state index in [0.29, 0.717) is 24.5 Å². The van der Waals surface area contributed by atoms with Crippen molar-refractivity contribution in [3.8, 4) is 0 Å². The summed E-state index contributed by atoms with van der Waals surface area (Å²) in [5.41, 5.74) is -0.615. The second-order valence-electron chi connectivity index (χ2n) is 8.40. The minimum Gasteiger partial charge on any atom is -0.476 e. The molecule has 1 aliphatic carbocycles. The van der Waals surface area contributed by atoms with Crippen LogP contribution in [0.1, 0.15) is 76.2 Å². The van der Waals surface area contributed by atoms with E-state index in [0.717, 1.165) is 42.2 Å². The van der Waals surface area contributed by atoms with Crippen molar-refractivity contribution in [1.29, 1.82) is 0 Å². The van der Waals surface area contributed by atoms with Crippen LogP contribution in [0.5, 0.6) is 0 Å². The molecule has 0 aromatic carbocycles. The maximum atomic E-state index is 12.3.